The Balaban J connectivity index is 2.14. The van der Waals surface area contributed by atoms with Gasteiger partial charge in [-0.15, -0.1) is 0 Å². The second-order valence-electron chi connectivity index (χ2n) is 5.07. The van der Waals surface area contributed by atoms with E-state index >= 15 is 0 Å². The van der Waals surface area contributed by atoms with Crippen molar-refractivity contribution < 1.29 is 8.42 Å². The first-order chi connectivity index (χ1) is 10.0. The first-order valence-corrected chi connectivity index (χ1v) is 10.1. The van der Waals surface area contributed by atoms with Crippen LogP contribution in [-0.4, -0.2) is 32.5 Å². The molecule has 0 amide bonds. The van der Waals surface area contributed by atoms with Gasteiger partial charge in [0.2, 0.25) is 10.0 Å². The van der Waals surface area contributed by atoms with Crippen LogP contribution in [0.5, 0.6) is 0 Å². The standard InChI is InChI=1S/C14H21ClN2O2S2/c1-2-16-9-11-8-13(5-6-14(11)15)21(18,19)17-12-4-3-7-20-10-12/h5-6,8,12,16-17H,2-4,7,9-10H2,1H3. The van der Waals surface area contributed by atoms with E-state index in [9.17, 15) is 8.42 Å². The van der Waals surface area contributed by atoms with Crippen molar-refractivity contribution in [1.82, 2.24) is 10.0 Å². The third-order valence-electron chi connectivity index (χ3n) is 3.38. The van der Waals surface area contributed by atoms with Gasteiger partial charge in [0, 0.05) is 23.4 Å². The van der Waals surface area contributed by atoms with Crippen LogP contribution in [-0.2, 0) is 16.6 Å². The van der Waals surface area contributed by atoms with E-state index in [1.807, 2.05) is 6.92 Å². The molecule has 2 rings (SSSR count). The predicted molar refractivity (Wildman–Crippen MR) is 89.5 cm³/mol. The maximum Gasteiger partial charge on any atom is 0.240 e. The summed E-state index contributed by atoms with van der Waals surface area (Å²) in [6.45, 7) is 3.37. The lowest BCUT2D eigenvalue weighted by Crippen LogP contribution is -2.38. The van der Waals surface area contributed by atoms with Gasteiger partial charge in [-0.25, -0.2) is 13.1 Å². The van der Waals surface area contributed by atoms with Gasteiger partial charge in [-0.2, -0.15) is 11.8 Å². The molecule has 1 saturated heterocycles. The molecule has 0 saturated carbocycles. The molecule has 1 aliphatic rings. The van der Waals surface area contributed by atoms with Gasteiger partial charge in [0.15, 0.2) is 0 Å². The number of rotatable bonds is 6. The summed E-state index contributed by atoms with van der Waals surface area (Å²) in [6.07, 6.45) is 1.97. The molecule has 0 aromatic heterocycles. The molecule has 0 spiro atoms. The smallest absolute Gasteiger partial charge is 0.240 e. The van der Waals surface area contributed by atoms with Crippen molar-refractivity contribution in [3.8, 4) is 0 Å². The highest BCUT2D eigenvalue weighted by atomic mass is 35.5. The van der Waals surface area contributed by atoms with Gasteiger partial charge < -0.3 is 5.32 Å². The van der Waals surface area contributed by atoms with E-state index < -0.39 is 10.0 Å². The maximum atomic E-state index is 12.5. The summed E-state index contributed by atoms with van der Waals surface area (Å²) in [5.41, 5.74) is 0.805. The highest BCUT2D eigenvalue weighted by Gasteiger charge is 2.22. The molecule has 1 aliphatic heterocycles. The van der Waals surface area contributed by atoms with Crippen molar-refractivity contribution in [3.63, 3.8) is 0 Å². The van der Waals surface area contributed by atoms with Gasteiger partial charge >= 0.3 is 0 Å². The molecule has 7 heteroatoms. The summed E-state index contributed by atoms with van der Waals surface area (Å²) in [7, 11) is -3.47. The molecule has 1 aromatic rings. The Kier molecular flexibility index (Phi) is 6.37. The molecule has 1 atom stereocenters. The molecule has 0 aliphatic carbocycles. The third kappa shape index (κ3) is 4.86. The summed E-state index contributed by atoms with van der Waals surface area (Å²) in [4.78, 5) is 0.287. The quantitative estimate of drug-likeness (QED) is 0.829. The van der Waals surface area contributed by atoms with Crippen molar-refractivity contribution >= 4 is 33.4 Å². The Hall–Kier alpha value is -0.270. The van der Waals surface area contributed by atoms with Crippen LogP contribution in [0.2, 0.25) is 5.02 Å². The third-order valence-corrected chi connectivity index (χ3v) is 6.48. The SMILES string of the molecule is CCNCc1cc(S(=O)(=O)NC2CCCSC2)ccc1Cl. The lowest BCUT2D eigenvalue weighted by atomic mass is 10.2. The Labute approximate surface area is 136 Å². The van der Waals surface area contributed by atoms with Crippen LogP contribution in [0.15, 0.2) is 23.1 Å². The summed E-state index contributed by atoms with van der Waals surface area (Å²) >= 11 is 7.91. The largest absolute Gasteiger partial charge is 0.313 e. The van der Waals surface area contributed by atoms with Gasteiger partial charge in [-0.05, 0) is 48.9 Å². The van der Waals surface area contributed by atoms with Crippen LogP contribution in [0.4, 0.5) is 0 Å². The minimum atomic E-state index is -3.47. The Bertz CT molecular complexity index is 572. The first-order valence-electron chi connectivity index (χ1n) is 7.12. The van der Waals surface area contributed by atoms with Crippen LogP contribution in [0.1, 0.15) is 25.3 Å². The molecule has 21 heavy (non-hydrogen) atoms. The molecule has 1 unspecified atom stereocenters. The monoisotopic (exact) mass is 348 g/mol. The van der Waals surface area contributed by atoms with E-state index in [4.69, 9.17) is 11.6 Å². The van der Waals surface area contributed by atoms with Crippen LogP contribution in [0.3, 0.4) is 0 Å². The highest BCUT2D eigenvalue weighted by Crippen LogP contribution is 2.22. The lowest BCUT2D eigenvalue weighted by Gasteiger charge is -2.22. The van der Waals surface area contributed by atoms with Gasteiger partial charge in [-0.1, -0.05) is 18.5 Å². The fraction of sp³-hybridized carbons (Fsp3) is 0.571. The van der Waals surface area contributed by atoms with Crippen molar-refractivity contribution in [3.05, 3.63) is 28.8 Å². The second kappa shape index (κ2) is 7.83. The highest BCUT2D eigenvalue weighted by molar-refractivity contribution is 7.99. The molecule has 1 heterocycles. The second-order valence-corrected chi connectivity index (χ2v) is 8.34. The van der Waals surface area contributed by atoms with E-state index in [2.05, 4.69) is 10.0 Å². The van der Waals surface area contributed by atoms with E-state index in [-0.39, 0.29) is 10.9 Å². The van der Waals surface area contributed by atoms with Crippen LogP contribution in [0, 0.1) is 0 Å². The maximum absolute atomic E-state index is 12.5. The molecular formula is C14H21ClN2O2S2. The number of hydrogen-bond acceptors (Lipinski definition) is 4. The molecule has 4 nitrogen and oxygen atoms in total. The van der Waals surface area contributed by atoms with Gasteiger partial charge in [0.1, 0.15) is 0 Å². The topological polar surface area (TPSA) is 58.2 Å². The number of nitrogens with one attached hydrogen (secondary N) is 2. The van der Waals surface area contributed by atoms with Crippen LogP contribution >= 0.6 is 23.4 Å². The number of hydrogen-bond donors (Lipinski definition) is 2. The minimum Gasteiger partial charge on any atom is -0.313 e. The van der Waals surface area contributed by atoms with Gasteiger partial charge in [0.05, 0.1) is 4.90 Å². The molecule has 0 bridgehead atoms. The molecule has 1 fully saturated rings. The molecule has 2 N–H and O–H groups in total. The average Bonchev–Trinajstić information content (AvgIpc) is 2.47. The Morgan fingerprint density at radius 3 is 2.90 bits per heavy atom. The number of halogens is 1. The van der Waals surface area contributed by atoms with Crippen molar-refractivity contribution in [2.45, 2.75) is 37.2 Å². The summed E-state index contributed by atoms with van der Waals surface area (Å²) in [5.74, 6) is 1.96. The Morgan fingerprint density at radius 1 is 1.43 bits per heavy atom. The normalized spacial score (nSPS) is 19.6. The van der Waals surface area contributed by atoms with Gasteiger partial charge in [0.25, 0.3) is 0 Å². The van der Waals surface area contributed by atoms with Crippen molar-refractivity contribution in [2.24, 2.45) is 0 Å². The summed E-state index contributed by atoms with van der Waals surface area (Å²) in [5, 5.41) is 3.75. The zero-order chi connectivity index (χ0) is 15.3. The zero-order valence-corrected chi connectivity index (χ0v) is 14.5. The summed E-state index contributed by atoms with van der Waals surface area (Å²) in [6, 6.07) is 4.90. The molecular weight excluding hydrogens is 328 g/mol. The van der Waals surface area contributed by atoms with Crippen molar-refractivity contribution in [1.29, 1.82) is 0 Å². The van der Waals surface area contributed by atoms with E-state index in [0.29, 0.717) is 11.6 Å². The summed E-state index contributed by atoms with van der Waals surface area (Å²) < 4.78 is 27.7. The average molecular weight is 349 g/mol. The molecule has 0 radical (unpaired) electrons. The molecule has 118 valence electrons. The van der Waals surface area contributed by atoms with Gasteiger partial charge in [-0.3, -0.25) is 0 Å². The predicted octanol–water partition coefficient (Wildman–Crippen LogP) is 2.62. The lowest BCUT2D eigenvalue weighted by molar-refractivity contribution is 0.543. The fourth-order valence-electron chi connectivity index (χ4n) is 2.23. The van der Waals surface area contributed by atoms with Crippen molar-refractivity contribution in [2.75, 3.05) is 18.1 Å². The number of benzene rings is 1. The van der Waals surface area contributed by atoms with E-state index in [1.54, 1.807) is 30.0 Å². The van der Waals surface area contributed by atoms with Crippen LogP contribution < -0.4 is 10.0 Å². The fourth-order valence-corrected chi connectivity index (χ4v) is 4.92. The number of sulfonamides is 1. The van der Waals surface area contributed by atoms with E-state index in [1.165, 1.54) is 0 Å². The number of thioether (sulfide) groups is 1. The van der Waals surface area contributed by atoms with E-state index in [0.717, 1.165) is 36.5 Å². The zero-order valence-electron chi connectivity index (χ0n) is 12.1. The molecule has 1 aromatic carbocycles. The van der Waals surface area contributed by atoms with Crippen LogP contribution in [0.25, 0.3) is 0 Å². The first kappa shape index (κ1) is 17.1. The Morgan fingerprint density at radius 2 is 2.24 bits per heavy atom. The minimum absolute atomic E-state index is 0.0293.